The van der Waals surface area contributed by atoms with Gasteiger partial charge in [0.2, 0.25) is 5.82 Å². The van der Waals surface area contributed by atoms with E-state index in [4.69, 9.17) is 4.74 Å². The van der Waals surface area contributed by atoms with Crippen LogP contribution < -0.4 is 4.74 Å². The third-order valence-corrected chi connectivity index (χ3v) is 10.1. The van der Waals surface area contributed by atoms with Gasteiger partial charge in [0.05, 0.1) is 12.4 Å². The highest BCUT2D eigenvalue weighted by atomic mass is 19.4. The van der Waals surface area contributed by atoms with Crippen molar-refractivity contribution >= 4 is 5.78 Å². The number of Topliss-reactive ketones (excluding diaryl/α,β-unsaturated/α-hetero) is 1. The lowest BCUT2D eigenvalue weighted by atomic mass is 9.49. The Labute approximate surface area is 200 Å². The molecule has 1 heterocycles. The summed E-state index contributed by atoms with van der Waals surface area (Å²) >= 11 is 0. The Hall–Kier alpha value is -1.66. The van der Waals surface area contributed by atoms with Crippen molar-refractivity contribution < 1.29 is 22.7 Å². The molecule has 0 N–H and O–H groups in total. The van der Waals surface area contributed by atoms with E-state index in [-0.39, 0.29) is 29.5 Å². The number of aromatic nitrogens is 2. The molecule has 4 nitrogen and oxygen atoms in total. The van der Waals surface area contributed by atoms with Gasteiger partial charge in [-0.25, -0.2) is 9.97 Å². The highest BCUT2D eigenvalue weighted by Gasteiger charge is 2.70. The highest BCUT2D eigenvalue weighted by molar-refractivity contribution is 5.84. The van der Waals surface area contributed by atoms with Crippen molar-refractivity contribution in [1.82, 2.24) is 9.97 Å². The van der Waals surface area contributed by atoms with E-state index in [9.17, 15) is 18.0 Å². The molecule has 5 rings (SSSR count). The van der Waals surface area contributed by atoms with Crippen LogP contribution in [0.5, 0.6) is 5.75 Å². The monoisotopic (exact) mass is 478 g/mol. The number of hydrogen-bond acceptors (Lipinski definition) is 4. The first kappa shape index (κ1) is 24.1. The van der Waals surface area contributed by atoms with Crippen molar-refractivity contribution in [1.29, 1.82) is 0 Å². The lowest BCUT2D eigenvalue weighted by molar-refractivity contribution is -0.145. The summed E-state index contributed by atoms with van der Waals surface area (Å²) in [5.41, 5.74) is 0.0294. The van der Waals surface area contributed by atoms with Crippen LogP contribution in [0.4, 0.5) is 13.2 Å². The van der Waals surface area contributed by atoms with Gasteiger partial charge in [0.25, 0.3) is 0 Å². The summed E-state index contributed by atoms with van der Waals surface area (Å²) in [5, 5.41) is 0. The number of ether oxygens (including phenoxy) is 1. The second-order valence-corrected chi connectivity index (χ2v) is 11.6. The van der Waals surface area contributed by atoms with Gasteiger partial charge in [0, 0.05) is 5.92 Å². The molecule has 188 valence electrons. The van der Waals surface area contributed by atoms with E-state index in [2.05, 4.69) is 30.7 Å². The van der Waals surface area contributed by atoms with Crippen molar-refractivity contribution in [3.05, 3.63) is 18.2 Å². The van der Waals surface area contributed by atoms with Gasteiger partial charge in [-0.05, 0) is 78.9 Å². The molecule has 7 heteroatoms. The molecule has 0 saturated heterocycles. The Balaban J connectivity index is 1.28. The minimum atomic E-state index is -4.59. The first-order valence-corrected chi connectivity index (χ1v) is 13.2. The van der Waals surface area contributed by atoms with E-state index in [0.29, 0.717) is 17.8 Å². The summed E-state index contributed by atoms with van der Waals surface area (Å²) in [7, 11) is 0. The second kappa shape index (κ2) is 8.77. The molecule has 1 aromatic rings. The van der Waals surface area contributed by atoms with E-state index in [0.717, 1.165) is 48.9 Å². The average molecular weight is 479 g/mol. The summed E-state index contributed by atoms with van der Waals surface area (Å²) in [5.74, 6) is 4.04. The smallest absolute Gasteiger partial charge is 0.451 e. The molecule has 0 aromatic carbocycles. The summed E-state index contributed by atoms with van der Waals surface area (Å²) in [6.45, 7) is 6.90. The molecule has 34 heavy (non-hydrogen) atoms. The predicted molar refractivity (Wildman–Crippen MR) is 122 cm³/mol. The molecule has 4 aliphatic carbocycles. The van der Waals surface area contributed by atoms with Gasteiger partial charge < -0.3 is 4.74 Å². The molecule has 4 fully saturated rings. The lowest BCUT2D eigenvalue weighted by Gasteiger charge is -2.55. The zero-order chi connectivity index (χ0) is 24.3. The Morgan fingerprint density at radius 1 is 1.09 bits per heavy atom. The van der Waals surface area contributed by atoms with E-state index in [1.807, 2.05) is 0 Å². The number of ketones is 1. The first-order valence-electron chi connectivity index (χ1n) is 13.2. The van der Waals surface area contributed by atoms with Gasteiger partial charge in [0.15, 0.2) is 11.5 Å². The Morgan fingerprint density at radius 2 is 1.82 bits per heavy atom. The van der Waals surface area contributed by atoms with Gasteiger partial charge in [-0.3, -0.25) is 4.79 Å². The van der Waals surface area contributed by atoms with Crippen molar-refractivity contribution in [3.63, 3.8) is 0 Å². The van der Waals surface area contributed by atoms with E-state index in [1.54, 1.807) is 0 Å². The quantitative estimate of drug-likeness (QED) is 0.443. The van der Waals surface area contributed by atoms with E-state index >= 15 is 0 Å². The molecule has 0 bridgehead atoms. The zero-order valence-corrected chi connectivity index (χ0v) is 20.5. The molecule has 0 spiro atoms. The van der Waals surface area contributed by atoms with Crippen LogP contribution in [-0.2, 0) is 11.0 Å². The number of hydrogen-bond donors (Lipinski definition) is 0. The van der Waals surface area contributed by atoms with Gasteiger partial charge in [-0.1, -0.05) is 40.0 Å². The summed E-state index contributed by atoms with van der Waals surface area (Å²) < 4.78 is 43.7. The van der Waals surface area contributed by atoms with Crippen LogP contribution in [0.25, 0.3) is 0 Å². The molecular weight excluding hydrogens is 441 g/mol. The van der Waals surface area contributed by atoms with Gasteiger partial charge >= 0.3 is 6.18 Å². The molecule has 4 aliphatic rings. The number of rotatable bonds is 7. The summed E-state index contributed by atoms with van der Waals surface area (Å²) in [4.78, 5) is 20.1. The van der Waals surface area contributed by atoms with Crippen LogP contribution in [0.3, 0.4) is 0 Å². The molecular formula is C27H37F3N2O2. The van der Waals surface area contributed by atoms with E-state index < -0.39 is 12.0 Å². The van der Waals surface area contributed by atoms with Crippen LogP contribution in [-0.4, -0.2) is 22.4 Å². The van der Waals surface area contributed by atoms with Crippen LogP contribution in [0.1, 0.15) is 78.0 Å². The maximum Gasteiger partial charge on any atom is 0.451 e. The van der Waals surface area contributed by atoms with E-state index in [1.165, 1.54) is 38.5 Å². The summed E-state index contributed by atoms with van der Waals surface area (Å²) in [6.07, 6.45) is 7.45. The van der Waals surface area contributed by atoms with Crippen LogP contribution in [0.15, 0.2) is 12.4 Å². The largest absolute Gasteiger partial charge is 0.483 e. The molecule has 4 saturated carbocycles. The van der Waals surface area contributed by atoms with Gasteiger partial charge in [-0.2, -0.15) is 13.2 Å². The topological polar surface area (TPSA) is 52.1 Å². The SMILES string of the molecule is CCCC1C(CC)CCC2C1CCC1(C)C2C2C[C@@H]2C1C(=O)COc1cnc(C(F)(F)F)nc1. The fraction of sp³-hybridized carbons (Fsp3) is 0.815. The molecule has 0 radical (unpaired) electrons. The minimum absolute atomic E-state index is 0.00680. The lowest BCUT2D eigenvalue weighted by Crippen LogP contribution is -2.50. The average Bonchev–Trinajstić information content (AvgIpc) is 3.51. The second-order valence-electron chi connectivity index (χ2n) is 11.6. The third-order valence-electron chi connectivity index (χ3n) is 10.1. The van der Waals surface area contributed by atoms with Crippen molar-refractivity contribution in [2.75, 3.05) is 6.61 Å². The van der Waals surface area contributed by atoms with Crippen LogP contribution in [0.2, 0.25) is 0 Å². The number of alkyl halides is 3. The molecule has 9 atom stereocenters. The maximum absolute atomic E-state index is 13.4. The normalized spacial score (nSPS) is 40.8. The predicted octanol–water partition coefficient (Wildman–Crippen LogP) is 6.59. The molecule has 0 amide bonds. The maximum atomic E-state index is 13.4. The zero-order valence-electron chi connectivity index (χ0n) is 20.5. The highest BCUT2D eigenvalue weighted by Crippen LogP contribution is 2.74. The minimum Gasteiger partial charge on any atom is -0.483 e. The third kappa shape index (κ3) is 3.95. The molecule has 0 aliphatic heterocycles. The molecule has 1 aromatic heterocycles. The Bertz CT molecular complexity index is 904. The van der Waals surface area contributed by atoms with Crippen LogP contribution in [0, 0.1) is 52.8 Å². The van der Waals surface area contributed by atoms with Crippen molar-refractivity contribution in [2.24, 2.45) is 52.8 Å². The Morgan fingerprint density at radius 3 is 2.47 bits per heavy atom. The fourth-order valence-electron chi connectivity index (χ4n) is 8.88. The number of nitrogens with zero attached hydrogens (tertiary/aromatic N) is 2. The summed E-state index contributed by atoms with van der Waals surface area (Å²) in [6, 6.07) is 0. The fourth-order valence-corrected chi connectivity index (χ4v) is 8.88. The number of fused-ring (bicyclic) bond motifs is 5. The van der Waals surface area contributed by atoms with Gasteiger partial charge in [-0.15, -0.1) is 0 Å². The first-order chi connectivity index (χ1) is 16.2. The molecule has 8 unspecified atom stereocenters. The van der Waals surface area contributed by atoms with Crippen molar-refractivity contribution in [3.8, 4) is 5.75 Å². The van der Waals surface area contributed by atoms with Crippen LogP contribution >= 0.6 is 0 Å². The number of halogens is 3. The van der Waals surface area contributed by atoms with Gasteiger partial charge in [0.1, 0.15) is 6.61 Å². The number of carbonyl (C=O) groups excluding carboxylic acids is 1. The Kier molecular flexibility index (Phi) is 6.21. The standard InChI is InChI=1S/C27H37F3N2O2/c1-4-6-17-15(5-2)7-8-19-18(17)9-10-26(3)23(19)20-11-21(20)24(26)22(33)14-34-16-12-31-25(32-13-16)27(28,29)30/h12-13,15,17-21,23-24H,4-11,14H2,1-3H3/t15?,17?,18?,19?,20?,21-,23?,24?,26?/m0/s1. The number of carbonyl (C=O) groups is 1. The van der Waals surface area contributed by atoms with Crippen molar-refractivity contribution in [2.45, 2.75) is 78.3 Å².